The zero-order valence-corrected chi connectivity index (χ0v) is 10.2. The maximum atomic E-state index is 12.2. The minimum absolute atomic E-state index is 0.0443. The van der Waals surface area contributed by atoms with Crippen molar-refractivity contribution < 1.29 is 14.1 Å². The number of fused-ring (bicyclic) bond motifs is 3. The highest BCUT2D eigenvalue weighted by atomic mass is 16.6. The third kappa shape index (κ3) is 1.38. The second kappa shape index (κ2) is 4.12. The molecule has 0 spiro atoms. The minimum atomic E-state index is -0.471. The molecule has 90 valence electrons. The number of hydrogen-bond donors (Lipinski definition) is 0. The maximum Gasteiger partial charge on any atom is 0.495 e. The van der Waals surface area contributed by atoms with Crippen molar-refractivity contribution in [1.82, 2.24) is 4.57 Å². The predicted molar refractivity (Wildman–Crippen MR) is 68.6 cm³/mol. The molecule has 0 amide bonds. The third-order valence-electron chi connectivity index (χ3n) is 3.22. The van der Waals surface area contributed by atoms with Gasteiger partial charge in [0.25, 0.3) is 0 Å². The molecule has 0 saturated carbocycles. The first-order valence-corrected chi connectivity index (χ1v) is 5.69. The van der Waals surface area contributed by atoms with E-state index in [-0.39, 0.29) is 5.78 Å². The van der Waals surface area contributed by atoms with Gasteiger partial charge in [-0.25, -0.2) is 0 Å². The van der Waals surface area contributed by atoms with E-state index in [2.05, 4.69) is 0 Å². The molecule has 0 fully saturated rings. The van der Waals surface area contributed by atoms with Crippen molar-refractivity contribution in [3.8, 4) is 5.69 Å². The van der Waals surface area contributed by atoms with Crippen LogP contribution in [-0.4, -0.2) is 31.7 Å². The van der Waals surface area contributed by atoms with Crippen LogP contribution in [0.15, 0.2) is 36.5 Å². The molecule has 1 aliphatic rings. The average molecular weight is 241 g/mol. The first-order chi connectivity index (χ1) is 8.77. The van der Waals surface area contributed by atoms with E-state index < -0.39 is 7.12 Å². The summed E-state index contributed by atoms with van der Waals surface area (Å²) in [6.07, 6.45) is 1.88. The van der Waals surface area contributed by atoms with Crippen LogP contribution < -0.4 is 5.46 Å². The van der Waals surface area contributed by atoms with Crippen LogP contribution in [0.3, 0.4) is 0 Å². The second-order valence-corrected chi connectivity index (χ2v) is 4.14. The van der Waals surface area contributed by atoms with Gasteiger partial charge in [0.1, 0.15) is 0 Å². The van der Waals surface area contributed by atoms with Crippen LogP contribution >= 0.6 is 0 Å². The first-order valence-electron chi connectivity index (χ1n) is 5.69. The monoisotopic (exact) mass is 241 g/mol. The Balaban J connectivity index is 2.26. The van der Waals surface area contributed by atoms with Gasteiger partial charge in [-0.2, -0.15) is 0 Å². The first kappa shape index (κ1) is 11.3. The molecule has 4 nitrogen and oxygen atoms in total. The largest absolute Gasteiger partial charge is 0.495 e. The Labute approximate surface area is 105 Å². The molecular weight excluding hydrogens is 229 g/mol. The van der Waals surface area contributed by atoms with E-state index in [9.17, 15) is 4.79 Å². The van der Waals surface area contributed by atoms with Gasteiger partial charge >= 0.3 is 7.12 Å². The highest BCUT2D eigenvalue weighted by Gasteiger charge is 2.32. The van der Waals surface area contributed by atoms with Crippen molar-refractivity contribution in [3.63, 3.8) is 0 Å². The van der Waals surface area contributed by atoms with Crippen molar-refractivity contribution in [3.05, 3.63) is 47.8 Å². The summed E-state index contributed by atoms with van der Waals surface area (Å²) < 4.78 is 12.5. The minimum Gasteiger partial charge on any atom is -0.410 e. The summed E-state index contributed by atoms with van der Waals surface area (Å²) in [5.74, 6) is 0.0443. The molecule has 2 aromatic rings. The van der Waals surface area contributed by atoms with E-state index in [0.29, 0.717) is 11.3 Å². The van der Waals surface area contributed by atoms with Crippen LogP contribution in [0.25, 0.3) is 5.69 Å². The zero-order chi connectivity index (χ0) is 12.7. The topological polar surface area (TPSA) is 40.5 Å². The van der Waals surface area contributed by atoms with E-state index in [4.69, 9.17) is 9.31 Å². The van der Waals surface area contributed by atoms with Crippen LogP contribution in [0.5, 0.6) is 0 Å². The molecule has 1 aliphatic heterocycles. The number of rotatable bonds is 3. The smallest absolute Gasteiger partial charge is 0.410 e. The lowest BCUT2D eigenvalue weighted by atomic mass is 9.76. The van der Waals surface area contributed by atoms with Gasteiger partial charge in [0, 0.05) is 31.4 Å². The van der Waals surface area contributed by atoms with Crippen LogP contribution in [0.2, 0.25) is 0 Å². The predicted octanol–water partition coefficient (Wildman–Crippen LogP) is 1.01. The van der Waals surface area contributed by atoms with E-state index in [1.54, 1.807) is 14.2 Å². The molecule has 1 aromatic heterocycles. The molecule has 0 bridgehead atoms. The fourth-order valence-corrected chi connectivity index (χ4v) is 2.45. The highest BCUT2D eigenvalue weighted by molar-refractivity contribution is 6.63. The van der Waals surface area contributed by atoms with Gasteiger partial charge in [-0.1, -0.05) is 12.1 Å². The number of carbonyl (C=O) groups is 1. The summed E-state index contributed by atoms with van der Waals surface area (Å²) in [5.41, 5.74) is 3.10. The zero-order valence-electron chi connectivity index (χ0n) is 10.2. The molecule has 5 heteroatoms. The van der Waals surface area contributed by atoms with Crippen LogP contribution in [0, 0.1) is 0 Å². The Morgan fingerprint density at radius 2 is 1.89 bits per heavy atom. The molecule has 18 heavy (non-hydrogen) atoms. The summed E-state index contributed by atoms with van der Waals surface area (Å²) >= 11 is 0. The van der Waals surface area contributed by atoms with Crippen molar-refractivity contribution in [1.29, 1.82) is 0 Å². The van der Waals surface area contributed by atoms with Crippen LogP contribution in [0.4, 0.5) is 0 Å². The van der Waals surface area contributed by atoms with Gasteiger partial charge in [0.05, 0.1) is 11.4 Å². The summed E-state index contributed by atoms with van der Waals surface area (Å²) in [7, 11) is 2.70. The molecule has 0 aliphatic carbocycles. The van der Waals surface area contributed by atoms with Gasteiger partial charge in [-0.05, 0) is 18.2 Å². The van der Waals surface area contributed by atoms with Gasteiger partial charge in [0.2, 0.25) is 5.78 Å². The molecule has 0 unspecified atom stereocenters. The van der Waals surface area contributed by atoms with E-state index in [0.717, 1.165) is 11.2 Å². The van der Waals surface area contributed by atoms with Crippen molar-refractivity contribution >= 4 is 18.4 Å². The Morgan fingerprint density at radius 1 is 1.11 bits per heavy atom. The summed E-state index contributed by atoms with van der Waals surface area (Å²) in [6.45, 7) is 0. The van der Waals surface area contributed by atoms with Crippen LogP contribution in [-0.2, 0) is 9.31 Å². The molecule has 0 radical (unpaired) electrons. The SMILES string of the molecule is COB(OC)c1cccc2c1-n1cccc1C2=O. The number of ketones is 1. The fraction of sp³-hybridized carbons (Fsp3) is 0.154. The highest BCUT2D eigenvalue weighted by Crippen LogP contribution is 2.26. The van der Waals surface area contributed by atoms with Gasteiger partial charge in [-0.15, -0.1) is 0 Å². The molecular formula is C13H12BNO3. The van der Waals surface area contributed by atoms with E-state index in [1.807, 2.05) is 41.1 Å². The van der Waals surface area contributed by atoms with Crippen LogP contribution in [0.1, 0.15) is 16.1 Å². The molecule has 3 rings (SSSR count). The number of para-hydroxylation sites is 1. The number of hydrogen-bond acceptors (Lipinski definition) is 3. The Morgan fingerprint density at radius 3 is 2.61 bits per heavy atom. The lowest BCUT2D eigenvalue weighted by molar-refractivity contribution is 0.104. The van der Waals surface area contributed by atoms with Gasteiger partial charge in [-0.3, -0.25) is 4.79 Å². The van der Waals surface area contributed by atoms with Crippen molar-refractivity contribution in [2.45, 2.75) is 0 Å². The Bertz CT molecular complexity index is 616. The lowest BCUT2D eigenvalue weighted by Gasteiger charge is -2.13. The number of aromatic nitrogens is 1. The lowest BCUT2D eigenvalue weighted by Crippen LogP contribution is -2.37. The van der Waals surface area contributed by atoms with Crippen molar-refractivity contribution in [2.75, 3.05) is 14.2 Å². The second-order valence-electron chi connectivity index (χ2n) is 4.14. The maximum absolute atomic E-state index is 12.2. The molecule has 0 saturated heterocycles. The Hall–Kier alpha value is -1.85. The Kier molecular flexibility index (Phi) is 2.58. The van der Waals surface area contributed by atoms with Crippen molar-refractivity contribution in [2.24, 2.45) is 0 Å². The molecule has 1 aromatic carbocycles. The molecule has 0 atom stereocenters. The quantitative estimate of drug-likeness (QED) is 0.642. The fourth-order valence-electron chi connectivity index (χ4n) is 2.45. The number of carbonyl (C=O) groups excluding carboxylic acids is 1. The number of benzene rings is 1. The number of nitrogens with zero attached hydrogens (tertiary/aromatic N) is 1. The van der Waals surface area contributed by atoms with Gasteiger partial charge < -0.3 is 13.9 Å². The van der Waals surface area contributed by atoms with Gasteiger partial charge in [0.15, 0.2) is 0 Å². The molecule has 0 N–H and O–H groups in total. The summed E-state index contributed by atoms with van der Waals surface area (Å²) in [6, 6.07) is 9.28. The average Bonchev–Trinajstić information content (AvgIpc) is 2.96. The normalized spacial score (nSPS) is 12.4. The summed E-state index contributed by atoms with van der Waals surface area (Å²) in [4.78, 5) is 12.2. The van der Waals surface area contributed by atoms with E-state index >= 15 is 0 Å². The summed E-state index contributed by atoms with van der Waals surface area (Å²) in [5, 5.41) is 0. The molecule has 2 heterocycles. The standard InChI is InChI=1S/C13H12BNO3/c1-17-14(18-2)10-6-3-5-9-12(10)15-8-4-7-11(15)13(9)16/h3-8H,1-2H3. The van der Waals surface area contributed by atoms with E-state index in [1.165, 1.54) is 0 Å². The third-order valence-corrected chi connectivity index (χ3v) is 3.22.